The molecule has 0 saturated heterocycles. The number of aliphatic carboxylic acids is 1. The second-order valence-corrected chi connectivity index (χ2v) is 4.39. The lowest BCUT2D eigenvalue weighted by Crippen LogP contribution is -2.10. The normalized spacial score (nSPS) is 13.4. The Labute approximate surface area is 106 Å². The summed E-state index contributed by atoms with van der Waals surface area (Å²) in [4.78, 5) is 9.83. The van der Waals surface area contributed by atoms with Crippen molar-refractivity contribution in [2.24, 2.45) is 0 Å². The van der Waals surface area contributed by atoms with Gasteiger partial charge in [-0.15, -0.1) is 0 Å². The molecule has 0 radical (unpaired) electrons. The lowest BCUT2D eigenvalue weighted by Gasteiger charge is -2.12. The first-order chi connectivity index (χ1) is 8.50. The summed E-state index contributed by atoms with van der Waals surface area (Å²) in [5.41, 5.74) is -2.94. The van der Waals surface area contributed by atoms with Gasteiger partial charge < -0.3 is 5.11 Å². The van der Waals surface area contributed by atoms with Gasteiger partial charge in [0.25, 0.3) is 0 Å². The van der Waals surface area contributed by atoms with Crippen LogP contribution in [0.1, 0.15) is 11.1 Å². The largest absolute Gasteiger partial charge is 0.478 e. The fourth-order valence-electron chi connectivity index (χ4n) is 1.14. The maximum atomic E-state index is 12.4. The van der Waals surface area contributed by atoms with Crippen molar-refractivity contribution in [1.82, 2.24) is 0 Å². The third-order valence-electron chi connectivity index (χ3n) is 1.90. The van der Waals surface area contributed by atoms with E-state index in [0.29, 0.717) is 17.5 Å². The Kier molecular flexibility index (Phi) is 4.28. The van der Waals surface area contributed by atoms with Crippen LogP contribution >= 0.6 is 11.4 Å². The molecule has 0 aromatic heterocycles. The number of halogens is 6. The molecule has 0 fully saturated rings. The summed E-state index contributed by atoms with van der Waals surface area (Å²) in [6.07, 6.45) is -9.87. The minimum Gasteiger partial charge on any atom is -0.478 e. The molecule has 1 rings (SSSR count). The Morgan fingerprint density at radius 2 is 1.42 bits per heavy atom. The van der Waals surface area contributed by atoms with E-state index in [9.17, 15) is 31.1 Å². The summed E-state index contributed by atoms with van der Waals surface area (Å²) >= 11 is -0.262. The maximum absolute atomic E-state index is 12.4. The summed E-state index contributed by atoms with van der Waals surface area (Å²) < 4.78 is 74.6. The molecular formula is C10H6F6O2S. The van der Waals surface area contributed by atoms with E-state index in [0.717, 1.165) is 0 Å². The van der Waals surface area contributed by atoms with Crippen molar-refractivity contribution in [3.63, 3.8) is 0 Å². The fraction of sp³-hybridized carbons (Fsp3) is 0.200. The number of carbonyl (C=O) groups is 1. The lowest BCUT2D eigenvalue weighted by molar-refractivity contribution is -0.143. The Morgan fingerprint density at radius 3 is 1.74 bits per heavy atom. The summed E-state index contributed by atoms with van der Waals surface area (Å²) in [7, 11) is 0. The lowest BCUT2D eigenvalue weighted by atomic mass is 10.1. The minimum absolute atomic E-state index is 0.0141. The molecule has 1 aromatic carbocycles. The predicted molar refractivity (Wildman–Crippen MR) is 57.4 cm³/mol. The van der Waals surface area contributed by atoms with Gasteiger partial charge in [-0.1, -0.05) is 0 Å². The van der Waals surface area contributed by atoms with Gasteiger partial charge in [-0.05, 0) is 18.2 Å². The SMILES string of the molecule is O=C(O)C=[SH]c1cc(C(F)(F)F)cc(C(F)(F)F)c1. The van der Waals surface area contributed by atoms with Gasteiger partial charge in [0, 0.05) is 10.3 Å². The van der Waals surface area contributed by atoms with E-state index in [2.05, 4.69) is 0 Å². The van der Waals surface area contributed by atoms with Crippen LogP contribution in [-0.2, 0) is 17.1 Å². The standard InChI is InChI=1S/C10H6F6O2S/c11-9(12,13)5-1-6(10(14,15)16)3-7(2-5)19-4-8(17)18/h1-4,19H,(H,17,18). The minimum atomic E-state index is -4.94. The van der Waals surface area contributed by atoms with Crippen LogP contribution in [0.4, 0.5) is 26.3 Å². The molecule has 0 atom stereocenters. The number of rotatable bonds is 2. The average molecular weight is 304 g/mol. The van der Waals surface area contributed by atoms with Crippen LogP contribution in [0.5, 0.6) is 0 Å². The molecule has 2 nitrogen and oxygen atoms in total. The van der Waals surface area contributed by atoms with Crippen molar-refractivity contribution in [1.29, 1.82) is 0 Å². The summed E-state index contributed by atoms with van der Waals surface area (Å²) in [5.74, 6) is -1.44. The third-order valence-corrected chi connectivity index (χ3v) is 2.80. The van der Waals surface area contributed by atoms with Gasteiger partial charge in [-0.2, -0.15) is 37.7 Å². The topological polar surface area (TPSA) is 37.3 Å². The molecule has 0 heterocycles. The Hall–Kier alpha value is -1.51. The molecule has 19 heavy (non-hydrogen) atoms. The van der Waals surface area contributed by atoms with E-state index in [1.165, 1.54) is 0 Å². The predicted octanol–water partition coefficient (Wildman–Crippen LogP) is 3.44. The molecule has 0 spiro atoms. The van der Waals surface area contributed by atoms with Crippen molar-refractivity contribution < 1.29 is 36.2 Å². The number of carboxylic acids is 1. The highest BCUT2D eigenvalue weighted by atomic mass is 32.1. The maximum Gasteiger partial charge on any atom is 0.416 e. The molecular weight excluding hydrogens is 298 g/mol. The summed E-state index contributed by atoms with van der Waals surface area (Å²) in [6.45, 7) is 0. The number of thiol groups is 1. The zero-order chi connectivity index (χ0) is 14.8. The van der Waals surface area contributed by atoms with Gasteiger partial charge in [0.15, 0.2) is 0 Å². The number of hydrogen-bond acceptors (Lipinski definition) is 1. The van der Waals surface area contributed by atoms with E-state index in [1.54, 1.807) is 0 Å². The van der Waals surface area contributed by atoms with Gasteiger partial charge in [0.05, 0.1) is 11.1 Å². The van der Waals surface area contributed by atoms with E-state index in [-0.39, 0.29) is 17.4 Å². The van der Waals surface area contributed by atoms with Crippen LogP contribution in [0.2, 0.25) is 0 Å². The second-order valence-electron chi connectivity index (χ2n) is 3.36. The first-order valence-corrected chi connectivity index (χ1v) is 5.53. The average Bonchev–Trinajstić information content (AvgIpc) is 2.23. The molecule has 0 aliphatic heterocycles. The van der Waals surface area contributed by atoms with Crippen LogP contribution in [0, 0.1) is 0 Å². The number of benzene rings is 1. The van der Waals surface area contributed by atoms with Crippen molar-refractivity contribution >= 4 is 22.7 Å². The van der Waals surface area contributed by atoms with Crippen molar-refractivity contribution in [2.45, 2.75) is 17.2 Å². The van der Waals surface area contributed by atoms with Crippen LogP contribution in [0.25, 0.3) is 0 Å². The van der Waals surface area contributed by atoms with E-state index in [4.69, 9.17) is 5.11 Å². The van der Waals surface area contributed by atoms with Gasteiger partial charge in [-0.25, -0.2) is 4.79 Å². The molecule has 0 bridgehead atoms. The Bertz CT molecular complexity index is 485. The fourth-order valence-corrected chi connectivity index (χ4v) is 1.83. The highest BCUT2D eigenvalue weighted by Gasteiger charge is 2.36. The monoisotopic (exact) mass is 304 g/mol. The molecule has 0 aliphatic carbocycles. The quantitative estimate of drug-likeness (QED) is 0.499. The van der Waals surface area contributed by atoms with Crippen LogP contribution < -0.4 is 0 Å². The van der Waals surface area contributed by atoms with Crippen molar-refractivity contribution in [2.75, 3.05) is 0 Å². The smallest absolute Gasteiger partial charge is 0.416 e. The van der Waals surface area contributed by atoms with Crippen LogP contribution in [0.15, 0.2) is 23.1 Å². The number of alkyl halides is 6. The summed E-state index contributed by atoms with van der Waals surface area (Å²) in [5, 5.41) is 8.88. The highest BCUT2D eigenvalue weighted by molar-refractivity contribution is 7.98. The third kappa shape index (κ3) is 4.58. The number of hydrogen-bond donors (Lipinski definition) is 2. The van der Waals surface area contributed by atoms with Crippen molar-refractivity contribution in [3.8, 4) is 0 Å². The molecule has 1 N–H and O–H groups in total. The van der Waals surface area contributed by atoms with Crippen molar-refractivity contribution in [3.05, 3.63) is 29.3 Å². The zero-order valence-corrected chi connectivity index (χ0v) is 9.77. The van der Waals surface area contributed by atoms with E-state index < -0.39 is 34.3 Å². The second kappa shape index (κ2) is 5.24. The molecule has 9 heteroatoms. The molecule has 1 aromatic rings. The molecule has 0 amide bonds. The Morgan fingerprint density at radius 1 is 1.00 bits per heavy atom. The molecule has 0 aliphatic rings. The van der Waals surface area contributed by atoms with Gasteiger partial charge in [0.1, 0.15) is 0 Å². The van der Waals surface area contributed by atoms with E-state index in [1.807, 2.05) is 0 Å². The molecule has 106 valence electrons. The van der Waals surface area contributed by atoms with E-state index >= 15 is 0 Å². The first kappa shape index (κ1) is 15.5. The van der Waals surface area contributed by atoms with Crippen LogP contribution in [0.3, 0.4) is 0 Å². The molecule has 0 saturated carbocycles. The summed E-state index contributed by atoms with van der Waals surface area (Å²) in [6, 6.07) is 0.951. The Balaban J connectivity index is 3.37. The molecule has 0 unspecified atom stereocenters. The van der Waals surface area contributed by atoms with Gasteiger partial charge >= 0.3 is 18.3 Å². The van der Waals surface area contributed by atoms with Crippen LogP contribution in [-0.4, -0.2) is 16.4 Å². The first-order valence-electron chi connectivity index (χ1n) is 4.56. The number of carboxylic acid groups (broad SMARTS) is 1. The highest BCUT2D eigenvalue weighted by Crippen LogP contribution is 2.37. The van der Waals surface area contributed by atoms with Gasteiger partial charge in [-0.3, -0.25) is 0 Å². The van der Waals surface area contributed by atoms with Gasteiger partial charge in [0.2, 0.25) is 0 Å². The zero-order valence-electron chi connectivity index (χ0n) is 8.88.